The van der Waals surface area contributed by atoms with Crippen molar-refractivity contribution in [2.24, 2.45) is 10.4 Å². The van der Waals surface area contributed by atoms with Crippen LogP contribution in [0.2, 0.25) is 0 Å². The quantitative estimate of drug-likeness (QED) is 0.411. The summed E-state index contributed by atoms with van der Waals surface area (Å²) in [4.78, 5) is 6.57. The van der Waals surface area contributed by atoms with E-state index in [9.17, 15) is 4.39 Å². The van der Waals surface area contributed by atoms with Crippen molar-refractivity contribution in [2.45, 2.75) is 25.8 Å². The molecule has 0 amide bonds. The lowest BCUT2D eigenvalue weighted by atomic mass is 9.89. The highest BCUT2D eigenvalue weighted by Crippen LogP contribution is 2.25. The van der Waals surface area contributed by atoms with E-state index in [0.717, 1.165) is 57.3 Å². The molecular weight excluding hydrogens is 434 g/mol. The van der Waals surface area contributed by atoms with Crippen LogP contribution in [0.15, 0.2) is 29.3 Å². The van der Waals surface area contributed by atoms with Gasteiger partial charge in [-0.15, -0.1) is 24.0 Å². The molecule has 1 aromatic carbocycles. The van der Waals surface area contributed by atoms with Crippen LogP contribution in [0.3, 0.4) is 0 Å². The molecule has 2 fully saturated rings. The number of benzene rings is 1. The van der Waals surface area contributed by atoms with Crippen molar-refractivity contribution in [3.05, 3.63) is 30.1 Å². The first-order chi connectivity index (χ1) is 11.6. The molecule has 1 aromatic rings. The van der Waals surface area contributed by atoms with Crippen LogP contribution in [-0.2, 0) is 4.74 Å². The molecule has 1 unspecified atom stereocenters. The van der Waals surface area contributed by atoms with Gasteiger partial charge < -0.3 is 20.3 Å². The number of ether oxygens (including phenoxy) is 1. The predicted molar refractivity (Wildman–Crippen MR) is 110 cm³/mol. The Labute approximate surface area is 166 Å². The Morgan fingerprint density at radius 3 is 2.88 bits per heavy atom. The van der Waals surface area contributed by atoms with Gasteiger partial charge in [-0.1, -0.05) is 13.0 Å². The van der Waals surface area contributed by atoms with Crippen molar-refractivity contribution in [3.63, 3.8) is 0 Å². The Balaban J connectivity index is 0.00000225. The Morgan fingerprint density at radius 2 is 2.24 bits per heavy atom. The third-order valence-electron chi connectivity index (χ3n) is 4.74. The van der Waals surface area contributed by atoms with E-state index in [-0.39, 0.29) is 35.2 Å². The van der Waals surface area contributed by atoms with Crippen LogP contribution in [0.5, 0.6) is 0 Å². The van der Waals surface area contributed by atoms with Crippen LogP contribution in [0.4, 0.5) is 10.1 Å². The zero-order valence-corrected chi connectivity index (χ0v) is 17.3. The second kappa shape index (κ2) is 9.02. The molecule has 1 atom stereocenters. The topological polar surface area (TPSA) is 48.9 Å². The summed E-state index contributed by atoms with van der Waals surface area (Å²) in [6.07, 6.45) is 2.17. The van der Waals surface area contributed by atoms with Gasteiger partial charge in [0.15, 0.2) is 5.96 Å². The minimum Gasteiger partial charge on any atom is -0.380 e. The molecule has 2 saturated heterocycles. The minimum absolute atomic E-state index is 0. The van der Waals surface area contributed by atoms with Gasteiger partial charge in [-0.25, -0.2) is 4.39 Å². The van der Waals surface area contributed by atoms with Gasteiger partial charge in [0.25, 0.3) is 0 Å². The summed E-state index contributed by atoms with van der Waals surface area (Å²) < 4.78 is 18.7. The first kappa shape index (κ1) is 20.2. The number of anilines is 1. The number of rotatable bonds is 4. The van der Waals surface area contributed by atoms with Crippen LogP contribution >= 0.6 is 24.0 Å². The maximum atomic E-state index is 13.5. The summed E-state index contributed by atoms with van der Waals surface area (Å²) in [5.41, 5.74) is 1.15. The summed E-state index contributed by atoms with van der Waals surface area (Å²) in [5, 5.41) is 6.91. The highest BCUT2D eigenvalue weighted by molar-refractivity contribution is 14.0. The highest BCUT2D eigenvalue weighted by atomic mass is 127. The molecule has 0 aromatic heterocycles. The molecule has 0 spiro atoms. The summed E-state index contributed by atoms with van der Waals surface area (Å²) in [6, 6.07) is 7.13. The summed E-state index contributed by atoms with van der Waals surface area (Å²) in [7, 11) is 1.79. The van der Waals surface area contributed by atoms with Crippen molar-refractivity contribution in [1.29, 1.82) is 0 Å². The Morgan fingerprint density at radius 1 is 1.44 bits per heavy atom. The number of piperidine rings is 1. The van der Waals surface area contributed by atoms with Crippen LogP contribution < -0.4 is 15.5 Å². The summed E-state index contributed by atoms with van der Waals surface area (Å²) in [6.45, 7) is 6.48. The van der Waals surface area contributed by atoms with Gasteiger partial charge in [0, 0.05) is 43.8 Å². The molecule has 2 heterocycles. The lowest BCUT2D eigenvalue weighted by Gasteiger charge is -2.39. The van der Waals surface area contributed by atoms with Crippen molar-refractivity contribution in [2.75, 3.05) is 44.8 Å². The molecule has 0 radical (unpaired) electrons. The lowest BCUT2D eigenvalue weighted by molar-refractivity contribution is -0.0971. The molecular formula is C18H28FIN4O. The molecule has 140 valence electrons. The highest BCUT2D eigenvalue weighted by Gasteiger charge is 2.33. The molecule has 7 heteroatoms. The van der Waals surface area contributed by atoms with Crippen molar-refractivity contribution >= 4 is 35.6 Å². The fourth-order valence-corrected chi connectivity index (χ4v) is 3.24. The van der Waals surface area contributed by atoms with E-state index in [1.54, 1.807) is 19.2 Å². The van der Waals surface area contributed by atoms with Gasteiger partial charge in [-0.3, -0.25) is 4.99 Å². The fourth-order valence-electron chi connectivity index (χ4n) is 3.24. The Bertz CT molecular complexity index is 594. The monoisotopic (exact) mass is 462 g/mol. The van der Waals surface area contributed by atoms with Crippen molar-refractivity contribution in [1.82, 2.24) is 10.6 Å². The number of aliphatic imine (C=N–C) groups is 1. The van der Waals surface area contributed by atoms with E-state index in [1.165, 1.54) is 6.07 Å². The molecule has 0 saturated carbocycles. The largest absolute Gasteiger partial charge is 0.380 e. The molecule has 3 rings (SSSR count). The molecule has 2 N–H and O–H groups in total. The second-order valence-electron chi connectivity index (χ2n) is 7.14. The Kier molecular flexibility index (Phi) is 7.30. The maximum absolute atomic E-state index is 13.5. The van der Waals surface area contributed by atoms with E-state index in [2.05, 4.69) is 27.4 Å². The summed E-state index contributed by atoms with van der Waals surface area (Å²) in [5.74, 6) is 0.644. The Hall–Kier alpha value is -1.09. The molecule has 0 aliphatic carbocycles. The van der Waals surface area contributed by atoms with Gasteiger partial charge >= 0.3 is 0 Å². The first-order valence-corrected chi connectivity index (χ1v) is 8.63. The number of halogens is 2. The van der Waals surface area contributed by atoms with Crippen LogP contribution in [0.25, 0.3) is 0 Å². The zero-order valence-electron chi connectivity index (χ0n) is 14.9. The predicted octanol–water partition coefficient (Wildman–Crippen LogP) is 2.61. The molecule has 5 nitrogen and oxygen atoms in total. The van der Waals surface area contributed by atoms with Gasteiger partial charge in [0.2, 0.25) is 0 Å². The van der Waals surface area contributed by atoms with E-state index < -0.39 is 0 Å². The van der Waals surface area contributed by atoms with Gasteiger partial charge in [-0.2, -0.15) is 0 Å². The van der Waals surface area contributed by atoms with Crippen LogP contribution in [0, 0.1) is 11.2 Å². The molecule has 25 heavy (non-hydrogen) atoms. The van der Waals surface area contributed by atoms with E-state index in [4.69, 9.17) is 4.74 Å². The van der Waals surface area contributed by atoms with Gasteiger partial charge in [-0.05, 0) is 31.0 Å². The van der Waals surface area contributed by atoms with Gasteiger partial charge in [0.05, 0.1) is 13.2 Å². The smallest absolute Gasteiger partial charge is 0.191 e. The first-order valence-electron chi connectivity index (χ1n) is 8.63. The minimum atomic E-state index is -0.184. The van der Waals surface area contributed by atoms with Gasteiger partial charge in [0.1, 0.15) is 5.82 Å². The standard InChI is InChI=1S/C18H27FN4O.HI/c1-18(12-24-13-18)11-21-17(20-2)22-15-6-4-8-23(10-15)16-7-3-5-14(19)9-16;/h3,5,7,9,15H,4,6,8,10-13H2,1-2H3,(H2,20,21,22);1H. The van der Waals surface area contributed by atoms with E-state index >= 15 is 0 Å². The normalized spacial score (nSPS) is 22.6. The SMILES string of the molecule is CN=C(NCC1(C)COC1)NC1CCCN(c2cccc(F)c2)C1.I. The van der Waals surface area contributed by atoms with Crippen LogP contribution in [0.1, 0.15) is 19.8 Å². The average Bonchev–Trinajstić information content (AvgIpc) is 2.57. The second-order valence-corrected chi connectivity index (χ2v) is 7.14. The molecule has 2 aliphatic rings. The molecule has 0 bridgehead atoms. The van der Waals surface area contributed by atoms with E-state index in [0.29, 0.717) is 6.04 Å². The third-order valence-corrected chi connectivity index (χ3v) is 4.74. The average molecular weight is 462 g/mol. The number of hydrogen-bond donors (Lipinski definition) is 2. The number of nitrogens with zero attached hydrogens (tertiary/aromatic N) is 2. The fraction of sp³-hybridized carbons (Fsp3) is 0.611. The summed E-state index contributed by atoms with van der Waals surface area (Å²) >= 11 is 0. The third kappa shape index (κ3) is 5.44. The van der Waals surface area contributed by atoms with Crippen molar-refractivity contribution < 1.29 is 9.13 Å². The molecule has 2 aliphatic heterocycles. The maximum Gasteiger partial charge on any atom is 0.191 e. The lowest BCUT2D eigenvalue weighted by Crippen LogP contribution is -2.55. The van der Waals surface area contributed by atoms with Crippen molar-refractivity contribution in [3.8, 4) is 0 Å². The van der Waals surface area contributed by atoms with E-state index in [1.807, 2.05) is 6.07 Å². The van der Waals surface area contributed by atoms with Crippen LogP contribution in [-0.4, -0.2) is 51.9 Å². The number of nitrogens with one attached hydrogen (secondary N) is 2. The zero-order chi connectivity index (χ0) is 17.0. The number of guanidine groups is 1. The number of hydrogen-bond acceptors (Lipinski definition) is 3.